The molecule has 0 spiro atoms. The number of aliphatic hydroxyl groups excluding tert-OH is 1. The summed E-state index contributed by atoms with van der Waals surface area (Å²) in [5.74, 6) is 0.360. The maximum absolute atomic E-state index is 12.4. The fraction of sp³-hybridized carbons (Fsp3) is 0.611. The van der Waals surface area contributed by atoms with Crippen LogP contribution in [0.5, 0.6) is 0 Å². The van der Waals surface area contributed by atoms with Crippen LogP contribution in [-0.4, -0.2) is 41.8 Å². The van der Waals surface area contributed by atoms with E-state index in [1.807, 2.05) is 4.90 Å². The average Bonchev–Trinajstić information content (AvgIpc) is 2.56. The molecule has 1 heterocycles. The molecule has 1 aliphatic heterocycles. The SMILES string of the molecule is CCC(Cc1ccc(C)cc1)NC(=O)N1CCC(CO)CC1. The first-order valence-corrected chi connectivity index (χ1v) is 8.34. The third-order valence-electron chi connectivity index (χ3n) is 4.58. The van der Waals surface area contributed by atoms with Gasteiger partial charge in [0.15, 0.2) is 0 Å². The molecule has 4 heteroatoms. The number of piperidine rings is 1. The number of amides is 2. The molecule has 2 N–H and O–H groups in total. The van der Waals surface area contributed by atoms with E-state index in [0.717, 1.165) is 38.8 Å². The van der Waals surface area contributed by atoms with Gasteiger partial charge in [-0.25, -0.2) is 4.79 Å². The highest BCUT2D eigenvalue weighted by atomic mass is 16.3. The lowest BCUT2D eigenvalue weighted by Gasteiger charge is -2.32. The summed E-state index contributed by atoms with van der Waals surface area (Å²) in [6, 6.07) is 8.71. The number of carbonyl (C=O) groups is 1. The second kappa shape index (κ2) is 8.18. The number of rotatable bonds is 5. The molecular formula is C18H28N2O2. The average molecular weight is 304 g/mol. The number of aliphatic hydroxyl groups is 1. The fourth-order valence-electron chi connectivity index (χ4n) is 2.89. The molecule has 1 saturated heterocycles. The van der Waals surface area contributed by atoms with E-state index in [4.69, 9.17) is 5.11 Å². The van der Waals surface area contributed by atoms with E-state index in [1.54, 1.807) is 0 Å². The number of benzene rings is 1. The number of nitrogens with one attached hydrogen (secondary N) is 1. The second-order valence-corrected chi connectivity index (χ2v) is 6.36. The van der Waals surface area contributed by atoms with E-state index in [-0.39, 0.29) is 18.7 Å². The molecule has 0 aromatic heterocycles. The number of aryl methyl sites for hydroxylation is 1. The highest BCUT2D eigenvalue weighted by Crippen LogP contribution is 2.16. The normalized spacial score (nSPS) is 17.3. The number of urea groups is 1. The minimum absolute atomic E-state index is 0.0374. The quantitative estimate of drug-likeness (QED) is 0.879. The highest BCUT2D eigenvalue weighted by molar-refractivity contribution is 5.74. The van der Waals surface area contributed by atoms with Crippen molar-refractivity contribution < 1.29 is 9.90 Å². The summed E-state index contributed by atoms with van der Waals surface area (Å²) in [5.41, 5.74) is 2.52. The van der Waals surface area contributed by atoms with Gasteiger partial charge in [-0.15, -0.1) is 0 Å². The van der Waals surface area contributed by atoms with Gasteiger partial charge in [-0.2, -0.15) is 0 Å². The van der Waals surface area contributed by atoms with Crippen LogP contribution in [0, 0.1) is 12.8 Å². The van der Waals surface area contributed by atoms with Gasteiger partial charge >= 0.3 is 6.03 Å². The lowest BCUT2D eigenvalue weighted by atomic mass is 9.98. The second-order valence-electron chi connectivity index (χ2n) is 6.36. The molecule has 0 bridgehead atoms. The number of carbonyl (C=O) groups excluding carboxylic acids is 1. The Morgan fingerprint density at radius 1 is 1.32 bits per heavy atom. The highest BCUT2D eigenvalue weighted by Gasteiger charge is 2.23. The first-order valence-electron chi connectivity index (χ1n) is 8.34. The molecule has 0 saturated carbocycles. The Bertz CT molecular complexity index is 464. The van der Waals surface area contributed by atoms with Crippen molar-refractivity contribution >= 4 is 6.03 Å². The van der Waals surface area contributed by atoms with Crippen LogP contribution in [0.3, 0.4) is 0 Å². The summed E-state index contributed by atoms with van der Waals surface area (Å²) in [7, 11) is 0. The first-order chi connectivity index (χ1) is 10.6. The number of nitrogens with zero attached hydrogens (tertiary/aromatic N) is 1. The van der Waals surface area contributed by atoms with Crippen molar-refractivity contribution in [3.63, 3.8) is 0 Å². The summed E-state index contributed by atoms with van der Waals surface area (Å²) < 4.78 is 0. The zero-order valence-electron chi connectivity index (χ0n) is 13.7. The van der Waals surface area contributed by atoms with E-state index < -0.39 is 0 Å². The molecule has 2 amide bonds. The maximum Gasteiger partial charge on any atom is 0.317 e. The summed E-state index contributed by atoms with van der Waals surface area (Å²) in [6.45, 7) is 5.92. The fourth-order valence-corrected chi connectivity index (χ4v) is 2.89. The molecule has 122 valence electrons. The maximum atomic E-state index is 12.4. The standard InChI is InChI=1S/C18H28N2O2/c1-3-17(12-15-6-4-14(2)5-7-15)19-18(22)20-10-8-16(13-21)9-11-20/h4-7,16-17,21H,3,8-13H2,1-2H3,(H,19,22). The van der Waals surface area contributed by atoms with E-state index in [0.29, 0.717) is 5.92 Å². The number of hydrogen-bond acceptors (Lipinski definition) is 2. The zero-order valence-corrected chi connectivity index (χ0v) is 13.7. The molecule has 1 aromatic carbocycles. The minimum atomic E-state index is 0.0374. The van der Waals surface area contributed by atoms with Crippen LogP contribution in [0.25, 0.3) is 0 Å². The van der Waals surface area contributed by atoms with Gasteiger partial charge in [0.1, 0.15) is 0 Å². The lowest BCUT2D eigenvalue weighted by Crippen LogP contribution is -2.48. The van der Waals surface area contributed by atoms with E-state index in [1.165, 1.54) is 11.1 Å². The van der Waals surface area contributed by atoms with E-state index >= 15 is 0 Å². The molecular weight excluding hydrogens is 276 g/mol. The number of likely N-dealkylation sites (tertiary alicyclic amines) is 1. The van der Waals surface area contributed by atoms with Crippen LogP contribution < -0.4 is 5.32 Å². The van der Waals surface area contributed by atoms with Crippen molar-refractivity contribution in [1.29, 1.82) is 0 Å². The Morgan fingerprint density at radius 2 is 1.95 bits per heavy atom. The third-order valence-corrected chi connectivity index (χ3v) is 4.58. The Kier molecular flexibility index (Phi) is 6.25. The van der Waals surface area contributed by atoms with Gasteiger partial charge < -0.3 is 15.3 Å². The Balaban J connectivity index is 1.84. The molecule has 1 aromatic rings. The van der Waals surface area contributed by atoms with Crippen LogP contribution in [0.1, 0.15) is 37.3 Å². The Morgan fingerprint density at radius 3 is 2.50 bits per heavy atom. The van der Waals surface area contributed by atoms with Gasteiger partial charge in [0.2, 0.25) is 0 Å². The monoisotopic (exact) mass is 304 g/mol. The first kappa shape index (κ1) is 16.8. The van der Waals surface area contributed by atoms with Crippen LogP contribution in [-0.2, 0) is 6.42 Å². The molecule has 1 unspecified atom stereocenters. The lowest BCUT2D eigenvalue weighted by molar-refractivity contribution is 0.135. The molecule has 0 radical (unpaired) electrons. The van der Waals surface area contributed by atoms with Crippen molar-refractivity contribution in [3.8, 4) is 0 Å². The van der Waals surface area contributed by atoms with Crippen LogP contribution >= 0.6 is 0 Å². The van der Waals surface area contributed by atoms with Crippen LogP contribution in [0.4, 0.5) is 4.79 Å². The molecule has 22 heavy (non-hydrogen) atoms. The Labute approximate surface area is 133 Å². The smallest absolute Gasteiger partial charge is 0.317 e. The van der Waals surface area contributed by atoms with Crippen LogP contribution in [0.15, 0.2) is 24.3 Å². The van der Waals surface area contributed by atoms with Gasteiger partial charge in [-0.05, 0) is 44.1 Å². The molecule has 4 nitrogen and oxygen atoms in total. The predicted molar refractivity (Wildman–Crippen MR) is 88.9 cm³/mol. The topological polar surface area (TPSA) is 52.6 Å². The van der Waals surface area contributed by atoms with Gasteiger partial charge in [0.05, 0.1) is 0 Å². The van der Waals surface area contributed by atoms with Crippen molar-refractivity contribution in [1.82, 2.24) is 10.2 Å². The molecule has 1 aliphatic rings. The summed E-state index contributed by atoms with van der Waals surface area (Å²) in [5, 5.41) is 12.3. The van der Waals surface area contributed by atoms with Crippen molar-refractivity contribution in [2.24, 2.45) is 5.92 Å². The predicted octanol–water partition coefficient (Wildman–Crippen LogP) is 2.73. The van der Waals surface area contributed by atoms with Gasteiger partial charge in [0.25, 0.3) is 0 Å². The molecule has 2 rings (SSSR count). The Hall–Kier alpha value is -1.55. The van der Waals surface area contributed by atoms with Gasteiger partial charge in [-0.1, -0.05) is 36.8 Å². The summed E-state index contributed by atoms with van der Waals surface area (Å²) in [6.07, 6.45) is 3.60. The van der Waals surface area contributed by atoms with E-state index in [2.05, 4.69) is 43.4 Å². The molecule has 0 aliphatic carbocycles. The zero-order chi connectivity index (χ0) is 15.9. The third kappa shape index (κ3) is 4.73. The van der Waals surface area contributed by atoms with E-state index in [9.17, 15) is 4.79 Å². The summed E-state index contributed by atoms with van der Waals surface area (Å²) >= 11 is 0. The summed E-state index contributed by atoms with van der Waals surface area (Å²) in [4.78, 5) is 14.2. The van der Waals surface area contributed by atoms with Crippen molar-refractivity contribution in [3.05, 3.63) is 35.4 Å². The minimum Gasteiger partial charge on any atom is -0.396 e. The largest absolute Gasteiger partial charge is 0.396 e. The number of hydrogen-bond donors (Lipinski definition) is 2. The molecule has 1 fully saturated rings. The molecule has 1 atom stereocenters. The van der Waals surface area contributed by atoms with Gasteiger partial charge in [-0.3, -0.25) is 0 Å². The van der Waals surface area contributed by atoms with Crippen molar-refractivity contribution in [2.75, 3.05) is 19.7 Å². The van der Waals surface area contributed by atoms with Crippen molar-refractivity contribution in [2.45, 2.75) is 45.6 Å². The van der Waals surface area contributed by atoms with Gasteiger partial charge in [0, 0.05) is 25.7 Å². The van der Waals surface area contributed by atoms with Crippen LogP contribution in [0.2, 0.25) is 0 Å².